The molecule has 5 rings (SSSR count). The van der Waals surface area contributed by atoms with E-state index in [4.69, 9.17) is 4.42 Å². The highest BCUT2D eigenvalue weighted by atomic mass is 16.3. The molecule has 4 aromatic rings. The highest BCUT2D eigenvalue weighted by Crippen LogP contribution is 2.25. The topological polar surface area (TPSA) is 62.8 Å². The maximum atomic E-state index is 12.7. The van der Waals surface area contributed by atoms with E-state index >= 15 is 0 Å². The normalized spacial score (nSPS) is 15.0. The maximum Gasteiger partial charge on any atom is 0.193 e. The van der Waals surface area contributed by atoms with Crippen molar-refractivity contribution in [3.8, 4) is 11.5 Å². The van der Waals surface area contributed by atoms with Crippen LogP contribution in [0, 0.1) is 0 Å². The molecule has 6 heteroatoms. The van der Waals surface area contributed by atoms with Crippen LogP contribution in [-0.4, -0.2) is 35.6 Å². The molecule has 0 aliphatic carbocycles. The van der Waals surface area contributed by atoms with Crippen molar-refractivity contribution in [3.63, 3.8) is 0 Å². The van der Waals surface area contributed by atoms with Gasteiger partial charge in [-0.05, 0) is 30.3 Å². The molecule has 1 aromatic carbocycles. The molecule has 0 radical (unpaired) electrons. The van der Waals surface area contributed by atoms with Crippen molar-refractivity contribution in [2.24, 2.45) is 0 Å². The van der Waals surface area contributed by atoms with E-state index in [1.54, 1.807) is 0 Å². The van der Waals surface area contributed by atoms with E-state index in [9.17, 15) is 4.79 Å². The first kappa shape index (κ1) is 15.2. The Balaban J connectivity index is 1.59. The second-order valence-electron chi connectivity index (χ2n) is 6.48. The molecule has 0 amide bonds. The average Bonchev–Trinajstić information content (AvgIpc) is 3.13. The van der Waals surface area contributed by atoms with Crippen LogP contribution in [0.4, 0.5) is 5.69 Å². The Kier molecular flexibility index (Phi) is 3.50. The molecule has 1 fully saturated rings. The molecule has 0 unspecified atom stereocenters. The Morgan fingerprint density at radius 2 is 1.96 bits per heavy atom. The third-order valence-corrected chi connectivity index (χ3v) is 4.81. The zero-order chi connectivity index (χ0) is 17.5. The highest BCUT2D eigenvalue weighted by molar-refractivity contribution is 5.82. The summed E-state index contributed by atoms with van der Waals surface area (Å²) in [6, 6.07) is 13.2. The van der Waals surface area contributed by atoms with Gasteiger partial charge < -0.3 is 19.0 Å². The van der Waals surface area contributed by atoms with Crippen LogP contribution in [0.1, 0.15) is 0 Å². The molecule has 6 nitrogen and oxygen atoms in total. The minimum atomic E-state index is -0.0460. The van der Waals surface area contributed by atoms with Gasteiger partial charge >= 0.3 is 0 Å². The average molecular weight is 346 g/mol. The van der Waals surface area contributed by atoms with Crippen molar-refractivity contribution in [2.75, 3.05) is 31.1 Å². The van der Waals surface area contributed by atoms with E-state index in [-0.39, 0.29) is 5.43 Å². The fraction of sp³-hybridized carbons (Fsp3) is 0.200. The minimum Gasteiger partial charge on any atom is -0.454 e. The first-order valence-electron chi connectivity index (χ1n) is 8.76. The molecule has 0 saturated carbocycles. The molecule has 0 bridgehead atoms. The summed E-state index contributed by atoms with van der Waals surface area (Å²) in [4.78, 5) is 19.5. The summed E-state index contributed by atoms with van der Waals surface area (Å²) in [7, 11) is 0. The summed E-state index contributed by atoms with van der Waals surface area (Å²) in [5.41, 5.74) is 3.08. The fourth-order valence-electron chi connectivity index (χ4n) is 3.44. The number of pyridine rings is 1. The fourth-order valence-corrected chi connectivity index (χ4v) is 3.44. The SMILES string of the molecule is O=c1cc(-c2cn3ccccc3n2)oc2ccc(N3CCNCC3)cc12. The van der Waals surface area contributed by atoms with E-state index in [0.29, 0.717) is 22.4 Å². The lowest BCUT2D eigenvalue weighted by Crippen LogP contribution is -2.43. The van der Waals surface area contributed by atoms with Crippen LogP contribution in [0.2, 0.25) is 0 Å². The molecule has 3 aromatic heterocycles. The number of nitrogens with one attached hydrogen (secondary N) is 1. The number of benzene rings is 1. The van der Waals surface area contributed by atoms with E-state index in [1.165, 1.54) is 6.07 Å². The molecule has 0 spiro atoms. The van der Waals surface area contributed by atoms with Crippen LogP contribution in [0.25, 0.3) is 28.1 Å². The highest BCUT2D eigenvalue weighted by Gasteiger charge is 2.14. The van der Waals surface area contributed by atoms with Gasteiger partial charge in [-0.15, -0.1) is 0 Å². The quantitative estimate of drug-likeness (QED) is 0.604. The summed E-state index contributed by atoms with van der Waals surface area (Å²) in [5.74, 6) is 0.487. The lowest BCUT2D eigenvalue weighted by atomic mass is 10.1. The molecular formula is C20H18N4O2. The second-order valence-corrected chi connectivity index (χ2v) is 6.48. The predicted octanol–water partition coefficient (Wildman–Crippen LogP) is 2.52. The van der Waals surface area contributed by atoms with Gasteiger partial charge in [0.25, 0.3) is 0 Å². The van der Waals surface area contributed by atoms with Crippen molar-refractivity contribution >= 4 is 22.3 Å². The van der Waals surface area contributed by atoms with Crippen LogP contribution in [0.15, 0.2) is 64.1 Å². The van der Waals surface area contributed by atoms with Crippen molar-refractivity contribution in [1.29, 1.82) is 0 Å². The lowest BCUT2D eigenvalue weighted by molar-refractivity contribution is 0.589. The summed E-state index contributed by atoms with van der Waals surface area (Å²) >= 11 is 0. The van der Waals surface area contributed by atoms with Crippen LogP contribution in [-0.2, 0) is 0 Å². The number of hydrogen-bond acceptors (Lipinski definition) is 5. The van der Waals surface area contributed by atoms with E-state index < -0.39 is 0 Å². The molecule has 1 aliphatic rings. The number of aromatic nitrogens is 2. The Hall–Kier alpha value is -3.12. The van der Waals surface area contributed by atoms with Crippen molar-refractivity contribution in [2.45, 2.75) is 0 Å². The number of fused-ring (bicyclic) bond motifs is 2. The molecule has 1 N–H and O–H groups in total. The number of anilines is 1. The molecule has 0 atom stereocenters. The summed E-state index contributed by atoms with van der Waals surface area (Å²) in [5, 5.41) is 3.94. The van der Waals surface area contributed by atoms with Crippen molar-refractivity contribution in [1.82, 2.24) is 14.7 Å². The third-order valence-electron chi connectivity index (χ3n) is 4.81. The van der Waals surface area contributed by atoms with E-state index in [0.717, 1.165) is 37.5 Å². The Labute approximate surface area is 149 Å². The third kappa shape index (κ3) is 2.55. The number of nitrogens with zero attached hydrogens (tertiary/aromatic N) is 3. The first-order chi connectivity index (χ1) is 12.8. The van der Waals surface area contributed by atoms with Gasteiger partial charge in [0.2, 0.25) is 0 Å². The van der Waals surface area contributed by atoms with E-state index in [1.807, 2.05) is 53.2 Å². The number of imidazole rings is 1. The predicted molar refractivity (Wildman–Crippen MR) is 102 cm³/mol. The van der Waals surface area contributed by atoms with Gasteiger partial charge in [-0.3, -0.25) is 4.79 Å². The molecule has 1 aliphatic heterocycles. The number of piperazine rings is 1. The molecule has 26 heavy (non-hydrogen) atoms. The summed E-state index contributed by atoms with van der Waals surface area (Å²) < 4.78 is 7.90. The standard InChI is InChI=1S/C20H18N4O2/c25-17-12-19(16-13-24-8-2-1-3-20(24)22-16)26-18-5-4-14(11-15(17)18)23-9-6-21-7-10-23/h1-5,8,11-13,21H,6-7,9-10H2. The van der Waals surface area contributed by atoms with Gasteiger partial charge in [0, 0.05) is 50.3 Å². The van der Waals surface area contributed by atoms with Gasteiger partial charge in [0.15, 0.2) is 11.2 Å². The number of rotatable bonds is 2. The summed E-state index contributed by atoms with van der Waals surface area (Å²) in [6.07, 6.45) is 3.79. The molecule has 1 saturated heterocycles. The zero-order valence-electron chi connectivity index (χ0n) is 14.2. The van der Waals surface area contributed by atoms with Crippen LogP contribution in [0.5, 0.6) is 0 Å². The largest absolute Gasteiger partial charge is 0.454 e. The lowest BCUT2D eigenvalue weighted by Gasteiger charge is -2.29. The van der Waals surface area contributed by atoms with Gasteiger partial charge in [0.05, 0.1) is 5.39 Å². The maximum absolute atomic E-state index is 12.7. The van der Waals surface area contributed by atoms with Crippen molar-refractivity contribution < 1.29 is 4.42 Å². The van der Waals surface area contributed by atoms with Crippen LogP contribution < -0.4 is 15.6 Å². The molecule has 4 heterocycles. The monoisotopic (exact) mass is 346 g/mol. The number of hydrogen-bond donors (Lipinski definition) is 1. The van der Waals surface area contributed by atoms with Crippen LogP contribution >= 0.6 is 0 Å². The van der Waals surface area contributed by atoms with Gasteiger partial charge in [-0.2, -0.15) is 0 Å². The minimum absolute atomic E-state index is 0.0460. The van der Waals surface area contributed by atoms with Gasteiger partial charge in [-0.25, -0.2) is 4.98 Å². The smallest absolute Gasteiger partial charge is 0.193 e. The first-order valence-corrected chi connectivity index (χ1v) is 8.76. The Morgan fingerprint density at radius 1 is 1.08 bits per heavy atom. The van der Waals surface area contributed by atoms with Gasteiger partial charge in [-0.1, -0.05) is 6.07 Å². The Morgan fingerprint density at radius 3 is 2.81 bits per heavy atom. The molecule has 130 valence electrons. The second kappa shape index (κ2) is 6.00. The van der Waals surface area contributed by atoms with Gasteiger partial charge in [0.1, 0.15) is 16.9 Å². The summed E-state index contributed by atoms with van der Waals surface area (Å²) in [6.45, 7) is 3.80. The van der Waals surface area contributed by atoms with E-state index in [2.05, 4.69) is 15.2 Å². The van der Waals surface area contributed by atoms with Crippen LogP contribution in [0.3, 0.4) is 0 Å². The molecular weight excluding hydrogens is 328 g/mol. The Bertz CT molecular complexity index is 1120. The zero-order valence-corrected chi connectivity index (χ0v) is 14.2. The van der Waals surface area contributed by atoms with Crippen molar-refractivity contribution in [3.05, 3.63) is 65.1 Å².